The van der Waals surface area contributed by atoms with Gasteiger partial charge in [-0.1, -0.05) is 18.2 Å². The van der Waals surface area contributed by atoms with Crippen molar-refractivity contribution in [1.29, 1.82) is 0 Å². The Labute approximate surface area is 174 Å². The van der Waals surface area contributed by atoms with Gasteiger partial charge in [-0.05, 0) is 24.5 Å². The van der Waals surface area contributed by atoms with Crippen molar-refractivity contribution in [3.63, 3.8) is 0 Å². The normalized spacial score (nSPS) is 18.2. The van der Waals surface area contributed by atoms with Crippen molar-refractivity contribution in [1.82, 2.24) is 29.5 Å². The first-order valence-electron chi connectivity index (χ1n) is 10.0. The molecule has 1 aliphatic rings. The number of nitrogens with zero attached hydrogens (tertiary/aromatic N) is 6. The van der Waals surface area contributed by atoms with Crippen LogP contribution in [0.15, 0.2) is 55.2 Å². The van der Waals surface area contributed by atoms with E-state index in [4.69, 9.17) is 10.7 Å². The van der Waals surface area contributed by atoms with Gasteiger partial charge in [-0.3, -0.25) is 9.36 Å². The zero-order valence-electron chi connectivity index (χ0n) is 17.0. The molecule has 1 saturated carbocycles. The van der Waals surface area contributed by atoms with Crippen molar-refractivity contribution in [2.24, 2.45) is 19.8 Å². The lowest BCUT2D eigenvalue weighted by Crippen LogP contribution is -2.44. The summed E-state index contributed by atoms with van der Waals surface area (Å²) in [6, 6.07) is 8.82. The van der Waals surface area contributed by atoms with Crippen LogP contribution in [0.4, 0.5) is 5.82 Å². The Balaban J connectivity index is 1.53. The number of hydrogen-bond acceptors (Lipinski definition) is 6. The Morgan fingerprint density at radius 1 is 0.933 bits per heavy atom. The Morgan fingerprint density at radius 2 is 1.63 bits per heavy atom. The van der Waals surface area contributed by atoms with Crippen LogP contribution in [0.3, 0.4) is 0 Å². The van der Waals surface area contributed by atoms with Crippen LogP contribution in [0.5, 0.6) is 0 Å². The summed E-state index contributed by atoms with van der Waals surface area (Å²) in [5.41, 5.74) is 11.0. The maximum atomic E-state index is 5.98. The predicted octanol–water partition coefficient (Wildman–Crippen LogP) is 2.85. The standard InChI is InChI=1S/C22H24N8/c1-29-12-16(9-25-29)14-4-3-5-15(6-14)21-24-11-20(17-10-26-30(2)13-17)22(28-21)27-19-7-18(23)8-19/h3-6,9-13,18-19H,7-8,23H2,1-2H3,(H,24,27,28)/t18-,19-. The van der Waals surface area contributed by atoms with Crippen LogP contribution in [0, 0.1) is 0 Å². The third-order valence-corrected chi connectivity index (χ3v) is 5.48. The fourth-order valence-corrected chi connectivity index (χ4v) is 3.78. The van der Waals surface area contributed by atoms with Gasteiger partial charge < -0.3 is 11.1 Å². The van der Waals surface area contributed by atoms with Crippen LogP contribution in [0.2, 0.25) is 0 Å². The first-order chi connectivity index (χ1) is 14.5. The second-order valence-electron chi connectivity index (χ2n) is 7.91. The summed E-state index contributed by atoms with van der Waals surface area (Å²) in [5, 5.41) is 12.1. The second-order valence-corrected chi connectivity index (χ2v) is 7.91. The van der Waals surface area contributed by atoms with Gasteiger partial charge in [-0.15, -0.1) is 0 Å². The second kappa shape index (κ2) is 7.38. The highest BCUT2D eigenvalue weighted by Crippen LogP contribution is 2.32. The van der Waals surface area contributed by atoms with Crippen LogP contribution in [-0.2, 0) is 14.1 Å². The molecule has 0 aliphatic heterocycles. The molecule has 0 spiro atoms. The summed E-state index contributed by atoms with van der Waals surface area (Å²) in [5.74, 6) is 1.50. The van der Waals surface area contributed by atoms with Gasteiger partial charge in [0.1, 0.15) is 5.82 Å². The Hall–Kier alpha value is -3.52. The molecule has 8 nitrogen and oxygen atoms in total. The van der Waals surface area contributed by atoms with E-state index in [1.165, 1.54) is 0 Å². The number of rotatable bonds is 5. The highest BCUT2D eigenvalue weighted by molar-refractivity contribution is 5.76. The van der Waals surface area contributed by atoms with Gasteiger partial charge in [-0.2, -0.15) is 10.2 Å². The SMILES string of the molecule is Cn1cc(-c2cccc(-c3ncc(-c4cnn(C)c4)c(N[C@H]4C[C@H](N)C4)n3)c2)cn1. The molecule has 1 aromatic carbocycles. The van der Waals surface area contributed by atoms with E-state index < -0.39 is 0 Å². The first-order valence-corrected chi connectivity index (χ1v) is 10.0. The molecule has 0 unspecified atom stereocenters. The quantitative estimate of drug-likeness (QED) is 0.534. The highest BCUT2D eigenvalue weighted by atomic mass is 15.2. The van der Waals surface area contributed by atoms with E-state index in [9.17, 15) is 0 Å². The molecule has 0 atom stereocenters. The molecule has 1 fully saturated rings. The zero-order chi connectivity index (χ0) is 20.7. The van der Waals surface area contributed by atoms with Gasteiger partial charge >= 0.3 is 0 Å². The van der Waals surface area contributed by atoms with Gasteiger partial charge in [-0.25, -0.2) is 9.97 Å². The van der Waals surface area contributed by atoms with E-state index >= 15 is 0 Å². The molecule has 152 valence electrons. The van der Waals surface area contributed by atoms with Crippen LogP contribution < -0.4 is 11.1 Å². The van der Waals surface area contributed by atoms with Crippen LogP contribution >= 0.6 is 0 Å². The molecule has 0 radical (unpaired) electrons. The van der Waals surface area contributed by atoms with Crippen molar-refractivity contribution < 1.29 is 0 Å². The summed E-state index contributed by atoms with van der Waals surface area (Å²) in [6.45, 7) is 0. The van der Waals surface area contributed by atoms with Crippen LogP contribution in [0.1, 0.15) is 12.8 Å². The molecule has 5 rings (SSSR count). The molecule has 3 aromatic heterocycles. The van der Waals surface area contributed by atoms with E-state index in [-0.39, 0.29) is 6.04 Å². The predicted molar refractivity (Wildman–Crippen MR) is 116 cm³/mol. The Morgan fingerprint density at radius 3 is 2.30 bits per heavy atom. The minimum Gasteiger partial charge on any atom is -0.367 e. The van der Waals surface area contributed by atoms with Gasteiger partial charge in [0, 0.05) is 67.0 Å². The largest absolute Gasteiger partial charge is 0.367 e. The number of anilines is 1. The number of nitrogens with one attached hydrogen (secondary N) is 1. The molecule has 8 heteroatoms. The maximum absolute atomic E-state index is 5.98. The van der Waals surface area contributed by atoms with E-state index in [1.807, 2.05) is 57.2 Å². The molecular weight excluding hydrogens is 376 g/mol. The third kappa shape index (κ3) is 3.57. The Bertz CT molecular complexity index is 1190. The summed E-state index contributed by atoms with van der Waals surface area (Å²) in [4.78, 5) is 9.56. The highest BCUT2D eigenvalue weighted by Gasteiger charge is 2.27. The van der Waals surface area contributed by atoms with Gasteiger partial charge in [0.05, 0.1) is 12.4 Å². The number of aromatic nitrogens is 6. The van der Waals surface area contributed by atoms with Crippen molar-refractivity contribution in [2.45, 2.75) is 24.9 Å². The molecule has 0 bridgehead atoms. The van der Waals surface area contributed by atoms with E-state index in [0.29, 0.717) is 11.9 Å². The molecule has 1 aliphatic carbocycles. The van der Waals surface area contributed by atoms with Crippen molar-refractivity contribution in [3.8, 4) is 33.6 Å². The smallest absolute Gasteiger partial charge is 0.161 e. The summed E-state index contributed by atoms with van der Waals surface area (Å²) in [6.07, 6.45) is 11.4. The van der Waals surface area contributed by atoms with Gasteiger partial charge in [0.15, 0.2) is 5.82 Å². The van der Waals surface area contributed by atoms with Gasteiger partial charge in [0.25, 0.3) is 0 Å². The lowest BCUT2D eigenvalue weighted by Gasteiger charge is -2.33. The zero-order valence-corrected chi connectivity index (χ0v) is 17.0. The van der Waals surface area contributed by atoms with E-state index in [1.54, 1.807) is 9.36 Å². The van der Waals surface area contributed by atoms with Crippen molar-refractivity contribution in [2.75, 3.05) is 5.32 Å². The number of aryl methyl sites for hydroxylation is 2. The van der Waals surface area contributed by atoms with Crippen molar-refractivity contribution >= 4 is 5.82 Å². The van der Waals surface area contributed by atoms with E-state index in [2.05, 4.69) is 32.6 Å². The van der Waals surface area contributed by atoms with Crippen molar-refractivity contribution in [3.05, 3.63) is 55.2 Å². The van der Waals surface area contributed by atoms with E-state index in [0.717, 1.165) is 46.5 Å². The molecular formula is C22H24N8. The van der Waals surface area contributed by atoms with Gasteiger partial charge in [0.2, 0.25) is 0 Å². The number of benzene rings is 1. The summed E-state index contributed by atoms with van der Waals surface area (Å²) in [7, 11) is 3.82. The topological polar surface area (TPSA) is 99.5 Å². The molecule has 0 amide bonds. The fourth-order valence-electron chi connectivity index (χ4n) is 3.78. The minimum atomic E-state index is 0.266. The lowest BCUT2D eigenvalue weighted by atomic mass is 9.87. The minimum absolute atomic E-state index is 0.266. The lowest BCUT2D eigenvalue weighted by molar-refractivity contribution is 0.373. The Kier molecular flexibility index (Phi) is 4.55. The number of nitrogens with two attached hydrogens (primary N) is 1. The third-order valence-electron chi connectivity index (χ3n) is 5.48. The molecule has 4 aromatic rings. The fraction of sp³-hybridized carbons (Fsp3) is 0.273. The van der Waals surface area contributed by atoms with Crippen LogP contribution in [-0.4, -0.2) is 41.6 Å². The first kappa shape index (κ1) is 18.5. The summed E-state index contributed by atoms with van der Waals surface area (Å²) >= 11 is 0. The average molecular weight is 400 g/mol. The molecule has 3 N–H and O–H groups in total. The summed E-state index contributed by atoms with van der Waals surface area (Å²) < 4.78 is 3.58. The number of hydrogen-bond donors (Lipinski definition) is 2. The molecule has 0 saturated heterocycles. The molecule has 30 heavy (non-hydrogen) atoms. The maximum Gasteiger partial charge on any atom is 0.161 e. The van der Waals surface area contributed by atoms with Crippen LogP contribution in [0.25, 0.3) is 33.6 Å². The monoisotopic (exact) mass is 400 g/mol. The molecule has 3 heterocycles. The average Bonchev–Trinajstić information content (AvgIpc) is 3.35.